The Morgan fingerprint density at radius 3 is 2.61 bits per heavy atom. The quantitative estimate of drug-likeness (QED) is 0.523. The maximum atomic E-state index is 13.4. The highest BCUT2D eigenvalue weighted by atomic mass is 19.3. The SMILES string of the molecule is Cn1cc(C2CCN(NC(=O)OC(C)(C)C)CC2)c(N2Cc3ccc(-c4nnc(C(F)F)o4)cc3C2=O)n1. The highest BCUT2D eigenvalue weighted by molar-refractivity contribution is 6.10. The molecule has 11 nitrogen and oxygen atoms in total. The summed E-state index contributed by atoms with van der Waals surface area (Å²) in [5.74, 6) is -0.335. The molecular formula is C25H29F2N7O4. The molecular weight excluding hydrogens is 500 g/mol. The van der Waals surface area contributed by atoms with Gasteiger partial charge >= 0.3 is 12.5 Å². The molecule has 202 valence electrons. The molecule has 3 aromatic rings. The van der Waals surface area contributed by atoms with Gasteiger partial charge < -0.3 is 9.15 Å². The van der Waals surface area contributed by atoms with E-state index in [1.807, 2.05) is 39.0 Å². The van der Waals surface area contributed by atoms with Crippen LogP contribution in [0.2, 0.25) is 0 Å². The Labute approximate surface area is 217 Å². The van der Waals surface area contributed by atoms with Crippen molar-refractivity contribution in [1.82, 2.24) is 30.4 Å². The van der Waals surface area contributed by atoms with E-state index in [1.165, 1.54) is 0 Å². The molecule has 1 aromatic carbocycles. The van der Waals surface area contributed by atoms with Crippen LogP contribution in [0.3, 0.4) is 0 Å². The first-order valence-corrected chi connectivity index (χ1v) is 12.3. The highest BCUT2D eigenvalue weighted by Gasteiger charge is 2.35. The molecule has 0 aliphatic carbocycles. The number of ether oxygens (including phenoxy) is 1. The van der Waals surface area contributed by atoms with Gasteiger partial charge in [-0.25, -0.2) is 9.80 Å². The van der Waals surface area contributed by atoms with E-state index in [1.54, 1.807) is 27.8 Å². The van der Waals surface area contributed by atoms with Crippen LogP contribution >= 0.6 is 0 Å². The zero-order valence-electron chi connectivity index (χ0n) is 21.6. The summed E-state index contributed by atoms with van der Waals surface area (Å²) in [6.07, 6.45) is 0.103. The summed E-state index contributed by atoms with van der Waals surface area (Å²) in [5.41, 5.74) is 4.80. The molecule has 0 saturated carbocycles. The second kappa shape index (κ2) is 9.78. The molecule has 0 radical (unpaired) electrons. The predicted octanol–water partition coefficient (Wildman–Crippen LogP) is 4.19. The minimum atomic E-state index is -2.87. The Morgan fingerprint density at radius 1 is 1.21 bits per heavy atom. The lowest BCUT2D eigenvalue weighted by Crippen LogP contribution is -2.48. The summed E-state index contributed by atoms with van der Waals surface area (Å²) in [5, 5.41) is 13.5. The maximum absolute atomic E-state index is 13.4. The lowest BCUT2D eigenvalue weighted by Gasteiger charge is -2.33. The van der Waals surface area contributed by atoms with Gasteiger partial charge in [-0.05, 0) is 57.2 Å². The Balaban J connectivity index is 1.30. The van der Waals surface area contributed by atoms with Crippen LogP contribution in [0, 0.1) is 0 Å². The van der Waals surface area contributed by atoms with Crippen LogP contribution in [0.1, 0.15) is 73.3 Å². The Morgan fingerprint density at radius 2 is 1.95 bits per heavy atom. The molecule has 4 heterocycles. The number of aryl methyl sites for hydroxylation is 1. The summed E-state index contributed by atoms with van der Waals surface area (Å²) in [6.45, 7) is 7.03. The lowest BCUT2D eigenvalue weighted by atomic mass is 9.91. The molecule has 0 spiro atoms. The predicted molar refractivity (Wildman–Crippen MR) is 131 cm³/mol. The first kappa shape index (κ1) is 25.8. The van der Waals surface area contributed by atoms with Crippen LogP contribution in [0.5, 0.6) is 0 Å². The minimum absolute atomic E-state index is 0.0698. The summed E-state index contributed by atoms with van der Waals surface area (Å²) >= 11 is 0. The van der Waals surface area contributed by atoms with Gasteiger partial charge in [-0.3, -0.25) is 19.8 Å². The fourth-order valence-electron chi connectivity index (χ4n) is 4.77. The number of rotatable bonds is 5. The number of fused-ring (bicyclic) bond motifs is 1. The molecule has 38 heavy (non-hydrogen) atoms. The Bertz CT molecular complexity index is 1360. The normalized spacial score (nSPS) is 16.8. The molecule has 0 bridgehead atoms. The van der Waals surface area contributed by atoms with Crippen LogP contribution in [-0.2, 0) is 18.3 Å². The molecule has 2 aliphatic heterocycles. The topological polar surface area (TPSA) is 119 Å². The van der Waals surface area contributed by atoms with Gasteiger partial charge in [0.05, 0.1) is 6.54 Å². The summed E-state index contributed by atoms with van der Waals surface area (Å²) in [6, 6.07) is 5.02. The number of amides is 2. The Kier molecular flexibility index (Phi) is 6.63. The number of anilines is 1. The first-order valence-electron chi connectivity index (χ1n) is 12.3. The number of hydrogen-bond donors (Lipinski definition) is 1. The first-order chi connectivity index (χ1) is 18.0. The molecule has 2 aromatic heterocycles. The van der Waals surface area contributed by atoms with E-state index < -0.39 is 24.0 Å². The molecule has 0 atom stereocenters. The number of alkyl halides is 2. The number of nitrogens with zero attached hydrogens (tertiary/aromatic N) is 6. The van der Waals surface area contributed by atoms with Crippen molar-refractivity contribution < 1.29 is 27.5 Å². The number of benzene rings is 1. The maximum Gasteiger partial charge on any atom is 0.422 e. The van der Waals surface area contributed by atoms with Gasteiger partial charge in [-0.2, -0.15) is 13.9 Å². The fourth-order valence-corrected chi connectivity index (χ4v) is 4.77. The van der Waals surface area contributed by atoms with Crippen molar-refractivity contribution in [3.63, 3.8) is 0 Å². The van der Waals surface area contributed by atoms with E-state index in [0.29, 0.717) is 36.6 Å². The van der Waals surface area contributed by atoms with Crippen LogP contribution in [0.15, 0.2) is 28.8 Å². The van der Waals surface area contributed by atoms with Gasteiger partial charge in [0.25, 0.3) is 11.8 Å². The summed E-state index contributed by atoms with van der Waals surface area (Å²) in [4.78, 5) is 27.2. The van der Waals surface area contributed by atoms with Gasteiger partial charge in [0.15, 0.2) is 5.82 Å². The third-order valence-electron chi connectivity index (χ3n) is 6.46. The largest absolute Gasteiger partial charge is 0.443 e. The zero-order chi connectivity index (χ0) is 27.2. The van der Waals surface area contributed by atoms with Crippen molar-refractivity contribution in [2.75, 3.05) is 18.0 Å². The summed E-state index contributed by atoms with van der Waals surface area (Å²) < 4.78 is 37.8. The molecule has 1 saturated heterocycles. The van der Waals surface area contributed by atoms with Crippen molar-refractivity contribution in [3.05, 3.63) is 47.0 Å². The number of hydrazine groups is 1. The van der Waals surface area contributed by atoms with E-state index in [0.717, 1.165) is 24.0 Å². The minimum Gasteiger partial charge on any atom is -0.443 e. The number of aromatic nitrogens is 4. The van der Waals surface area contributed by atoms with Crippen molar-refractivity contribution in [1.29, 1.82) is 0 Å². The molecule has 1 N–H and O–H groups in total. The molecule has 1 fully saturated rings. The van der Waals surface area contributed by atoms with Crippen LogP contribution in [-0.4, -0.2) is 55.7 Å². The number of piperidine rings is 1. The fraction of sp³-hybridized carbons (Fsp3) is 0.480. The average Bonchev–Trinajstić information content (AvgIpc) is 3.56. The average molecular weight is 530 g/mol. The van der Waals surface area contributed by atoms with Crippen molar-refractivity contribution in [3.8, 4) is 11.5 Å². The summed E-state index contributed by atoms with van der Waals surface area (Å²) in [7, 11) is 1.81. The van der Waals surface area contributed by atoms with Gasteiger partial charge in [0.2, 0.25) is 5.89 Å². The van der Waals surface area contributed by atoms with Crippen molar-refractivity contribution in [2.45, 2.75) is 58.1 Å². The second-order valence-electron chi connectivity index (χ2n) is 10.5. The zero-order valence-corrected chi connectivity index (χ0v) is 21.6. The second-order valence-corrected chi connectivity index (χ2v) is 10.5. The third kappa shape index (κ3) is 5.23. The standard InChI is InChI=1S/C25H29F2N7O4/c1-25(2,3)38-24(36)31-33-9-7-14(8-10-33)18-13-32(4)30-20(18)34-12-16-6-5-15(11-17(16)23(34)35)21-28-29-22(37-21)19(26)27/h5-6,11,13-14,19H,7-10,12H2,1-4H3,(H,31,36). The monoisotopic (exact) mass is 529 g/mol. The van der Waals surface area contributed by atoms with Gasteiger partial charge in [0, 0.05) is 43.0 Å². The molecule has 2 amide bonds. The number of carbonyl (C=O) groups excluding carboxylic acids is 2. The molecule has 13 heteroatoms. The van der Waals surface area contributed by atoms with E-state index in [-0.39, 0.29) is 17.7 Å². The highest BCUT2D eigenvalue weighted by Crippen LogP contribution is 2.38. The van der Waals surface area contributed by atoms with E-state index in [2.05, 4.69) is 20.7 Å². The van der Waals surface area contributed by atoms with Crippen LogP contribution in [0.4, 0.5) is 19.4 Å². The molecule has 5 rings (SSSR count). The number of hydrogen-bond acceptors (Lipinski definition) is 8. The van der Waals surface area contributed by atoms with Crippen LogP contribution in [0.25, 0.3) is 11.5 Å². The lowest BCUT2D eigenvalue weighted by molar-refractivity contribution is 0.0286. The van der Waals surface area contributed by atoms with Gasteiger partial charge in [-0.1, -0.05) is 6.07 Å². The van der Waals surface area contributed by atoms with Crippen molar-refractivity contribution >= 4 is 17.8 Å². The van der Waals surface area contributed by atoms with Crippen molar-refractivity contribution in [2.24, 2.45) is 7.05 Å². The molecule has 2 aliphatic rings. The smallest absolute Gasteiger partial charge is 0.422 e. The number of carbonyl (C=O) groups is 2. The van der Waals surface area contributed by atoms with Gasteiger partial charge in [-0.15, -0.1) is 10.2 Å². The van der Waals surface area contributed by atoms with E-state index >= 15 is 0 Å². The van der Waals surface area contributed by atoms with Gasteiger partial charge in [0.1, 0.15) is 5.60 Å². The number of halogens is 2. The van der Waals surface area contributed by atoms with Crippen LogP contribution < -0.4 is 10.3 Å². The van der Waals surface area contributed by atoms with E-state index in [4.69, 9.17) is 9.15 Å². The van der Waals surface area contributed by atoms with E-state index in [9.17, 15) is 18.4 Å². The Hall–Kier alpha value is -3.87. The third-order valence-corrected chi connectivity index (χ3v) is 6.46. The number of nitrogens with one attached hydrogen (secondary N) is 1. The molecule has 0 unspecified atom stereocenters.